The molecule has 0 radical (unpaired) electrons. The largest absolute Gasteiger partial charge is 0.493 e. The van der Waals surface area contributed by atoms with Gasteiger partial charge in [0, 0.05) is 30.6 Å². The molecule has 0 spiro atoms. The van der Waals surface area contributed by atoms with E-state index >= 15 is 0 Å². The van der Waals surface area contributed by atoms with Gasteiger partial charge in [-0.3, -0.25) is 0 Å². The second kappa shape index (κ2) is 8.76. The number of benzene rings is 2. The summed E-state index contributed by atoms with van der Waals surface area (Å²) in [6.45, 7) is 0.550. The summed E-state index contributed by atoms with van der Waals surface area (Å²) < 4.78 is 30.8. The number of nitrogens with zero attached hydrogens (tertiary/aromatic N) is 1. The van der Waals surface area contributed by atoms with Crippen LogP contribution in [0.5, 0.6) is 5.75 Å². The Morgan fingerprint density at radius 3 is 2.38 bits per heavy atom. The summed E-state index contributed by atoms with van der Waals surface area (Å²) in [4.78, 5) is 0.257. The third kappa shape index (κ3) is 5.14. The first-order chi connectivity index (χ1) is 11.4. The summed E-state index contributed by atoms with van der Waals surface area (Å²) in [7, 11) is -0.377. The van der Waals surface area contributed by atoms with Crippen molar-refractivity contribution >= 4 is 33.4 Å². The first-order valence-electron chi connectivity index (χ1n) is 7.38. The molecule has 2 rings (SSSR count). The lowest BCUT2D eigenvalue weighted by molar-refractivity contribution is 0.343. The van der Waals surface area contributed by atoms with E-state index in [0.717, 1.165) is 22.1 Å². The third-order valence-electron chi connectivity index (χ3n) is 3.31. The van der Waals surface area contributed by atoms with E-state index in [2.05, 4.69) is 0 Å². The van der Waals surface area contributed by atoms with Crippen LogP contribution in [-0.2, 0) is 15.8 Å². The molecule has 4 nitrogen and oxygen atoms in total. The number of hydrogen-bond acceptors (Lipinski definition) is 4. The van der Waals surface area contributed by atoms with Crippen molar-refractivity contribution in [3.63, 3.8) is 0 Å². The van der Waals surface area contributed by atoms with Gasteiger partial charge in [-0.25, -0.2) is 12.7 Å². The van der Waals surface area contributed by atoms with Gasteiger partial charge in [0.1, 0.15) is 5.75 Å². The second-order valence-electron chi connectivity index (χ2n) is 5.25. The molecule has 0 N–H and O–H groups in total. The van der Waals surface area contributed by atoms with E-state index in [1.54, 1.807) is 36.0 Å². The van der Waals surface area contributed by atoms with Crippen molar-refractivity contribution in [3.8, 4) is 5.75 Å². The van der Waals surface area contributed by atoms with Crippen LogP contribution in [0.3, 0.4) is 0 Å². The standard InChI is InChI=1S/C17H20ClNO3S2/c1-19(2)24(20,21)16-9-7-15(8-10-16)22-11-12-23-13-14-5-3-4-6-17(14)18/h3-10H,11-13H2,1-2H3. The highest BCUT2D eigenvalue weighted by Crippen LogP contribution is 2.21. The Balaban J connectivity index is 1.78. The van der Waals surface area contributed by atoms with Crippen LogP contribution in [0.4, 0.5) is 0 Å². The van der Waals surface area contributed by atoms with Gasteiger partial charge in [-0.1, -0.05) is 29.8 Å². The maximum Gasteiger partial charge on any atom is 0.242 e. The molecular formula is C17H20ClNO3S2. The van der Waals surface area contributed by atoms with Crippen LogP contribution in [0.25, 0.3) is 0 Å². The summed E-state index contributed by atoms with van der Waals surface area (Å²) in [6.07, 6.45) is 0. The van der Waals surface area contributed by atoms with E-state index in [1.165, 1.54) is 18.4 Å². The quantitative estimate of drug-likeness (QED) is 0.646. The summed E-state index contributed by atoms with van der Waals surface area (Å²) in [5, 5.41) is 0.781. The molecule has 2 aromatic carbocycles. The molecule has 7 heteroatoms. The van der Waals surface area contributed by atoms with Gasteiger partial charge in [0.25, 0.3) is 0 Å². The van der Waals surface area contributed by atoms with Gasteiger partial charge in [0.05, 0.1) is 11.5 Å². The van der Waals surface area contributed by atoms with Gasteiger partial charge in [0.2, 0.25) is 10.0 Å². The molecule has 0 atom stereocenters. The van der Waals surface area contributed by atoms with Gasteiger partial charge in [0.15, 0.2) is 0 Å². The van der Waals surface area contributed by atoms with E-state index in [-0.39, 0.29) is 4.90 Å². The van der Waals surface area contributed by atoms with E-state index in [1.807, 2.05) is 24.3 Å². The number of halogens is 1. The molecule has 2 aromatic rings. The Labute approximate surface area is 152 Å². The van der Waals surface area contributed by atoms with Crippen molar-refractivity contribution < 1.29 is 13.2 Å². The predicted octanol–water partition coefficient (Wildman–Crippen LogP) is 3.90. The second-order valence-corrected chi connectivity index (χ2v) is 8.92. The monoisotopic (exact) mass is 385 g/mol. The molecule has 0 saturated carbocycles. The SMILES string of the molecule is CN(C)S(=O)(=O)c1ccc(OCCSCc2ccccc2Cl)cc1. The Morgan fingerprint density at radius 2 is 1.75 bits per heavy atom. The molecule has 0 aliphatic carbocycles. The van der Waals surface area contributed by atoms with Gasteiger partial charge in [-0.2, -0.15) is 11.8 Å². The topological polar surface area (TPSA) is 46.6 Å². The van der Waals surface area contributed by atoms with Crippen LogP contribution in [0.2, 0.25) is 5.02 Å². The molecule has 0 heterocycles. The maximum atomic E-state index is 12.0. The fraction of sp³-hybridized carbons (Fsp3) is 0.294. The normalized spacial score (nSPS) is 11.7. The summed E-state index contributed by atoms with van der Waals surface area (Å²) in [6, 6.07) is 14.3. The van der Waals surface area contributed by atoms with Crippen molar-refractivity contribution in [1.82, 2.24) is 4.31 Å². The zero-order valence-electron chi connectivity index (χ0n) is 13.6. The number of sulfonamides is 1. The molecule has 0 fully saturated rings. The maximum absolute atomic E-state index is 12.0. The van der Waals surface area contributed by atoms with Crippen molar-refractivity contribution in [2.45, 2.75) is 10.6 Å². The molecule has 130 valence electrons. The van der Waals surface area contributed by atoms with Crippen molar-refractivity contribution in [1.29, 1.82) is 0 Å². The molecule has 0 aromatic heterocycles. The lowest BCUT2D eigenvalue weighted by Gasteiger charge is -2.12. The highest BCUT2D eigenvalue weighted by atomic mass is 35.5. The van der Waals surface area contributed by atoms with Crippen molar-refractivity contribution in [2.24, 2.45) is 0 Å². The molecule has 0 bridgehead atoms. The fourth-order valence-electron chi connectivity index (χ4n) is 1.93. The Kier molecular flexibility index (Phi) is 6.98. The van der Waals surface area contributed by atoms with Crippen LogP contribution >= 0.6 is 23.4 Å². The molecule has 24 heavy (non-hydrogen) atoms. The van der Waals surface area contributed by atoms with Gasteiger partial charge in [-0.15, -0.1) is 0 Å². The van der Waals surface area contributed by atoms with E-state index < -0.39 is 10.0 Å². The highest BCUT2D eigenvalue weighted by Gasteiger charge is 2.16. The van der Waals surface area contributed by atoms with E-state index in [0.29, 0.717) is 12.4 Å². The molecular weight excluding hydrogens is 366 g/mol. The number of rotatable bonds is 8. The Hall–Kier alpha value is -1.21. The fourth-order valence-corrected chi connectivity index (χ4v) is 3.94. The van der Waals surface area contributed by atoms with Crippen molar-refractivity contribution in [3.05, 3.63) is 59.1 Å². The van der Waals surface area contributed by atoms with E-state index in [9.17, 15) is 8.42 Å². The van der Waals surface area contributed by atoms with Gasteiger partial charge >= 0.3 is 0 Å². The number of thioether (sulfide) groups is 1. The van der Waals surface area contributed by atoms with Gasteiger partial charge in [-0.05, 0) is 35.9 Å². The van der Waals surface area contributed by atoms with Gasteiger partial charge < -0.3 is 4.74 Å². The minimum Gasteiger partial charge on any atom is -0.493 e. The first kappa shape index (κ1) is 19.1. The lowest BCUT2D eigenvalue weighted by atomic mass is 10.2. The van der Waals surface area contributed by atoms with E-state index in [4.69, 9.17) is 16.3 Å². The molecule has 0 unspecified atom stereocenters. The molecule has 0 aliphatic heterocycles. The minimum atomic E-state index is -3.40. The van der Waals surface area contributed by atoms with Crippen LogP contribution < -0.4 is 4.74 Å². The van der Waals surface area contributed by atoms with Crippen LogP contribution in [0.15, 0.2) is 53.4 Å². The van der Waals surface area contributed by atoms with Crippen LogP contribution in [0.1, 0.15) is 5.56 Å². The summed E-state index contributed by atoms with van der Waals surface area (Å²) in [5.74, 6) is 2.32. The first-order valence-corrected chi connectivity index (χ1v) is 10.3. The minimum absolute atomic E-state index is 0.257. The zero-order chi connectivity index (χ0) is 17.6. The molecule has 0 amide bonds. The Morgan fingerprint density at radius 1 is 1.08 bits per heavy atom. The highest BCUT2D eigenvalue weighted by molar-refractivity contribution is 7.98. The Bertz CT molecular complexity index is 762. The predicted molar refractivity (Wildman–Crippen MR) is 100 cm³/mol. The number of hydrogen-bond donors (Lipinski definition) is 0. The van der Waals surface area contributed by atoms with Crippen LogP contribution in [-0.4, -0.2) is 39.2 Å². The smallest absolute Gasteiger partial charge is 0.242 e. The average molecular weight is 386 g/mol. The summed E-state index contributed by atoms with van der Waals surface area (Å²) in [5.41, 5.74) is 1.11. The molecule has 0 saturated heterocycles. The van der Waals surface area contributed by atoms with Crippen LogP contribution in [0, 0.1) is 0 Å². The number of ether oxygens (including phenoxy) is 1. The zero-order valence-corrected chi connectivity index (χ0v) is 16.0. The van der Waals surface area contributed by atoms with Crippen molar-refractivity contribution in [2.75, 3.05) is 26.5 Å². The lowest BCUT2D eigenvalue weighted by Crippen LogP contribution is -2.22. The summed E-state index contributed by atoms with van der Waals surface area (Å²) >= 11 is 7.85. The average Bonchev–Trinajstić information content (AvgIpc) is 2.56. The molecule has 0 aliphatic rings. The third-order valence-corrected chi connectivity index (χ3v) is 6.48.